The fourth-order valence-electron chi connectivity index (χ4n) is 3.05. The molecule has 4 rings (SSSR count). The van der Waals surface area contributed by atoms with Crippen molar-refractivity contribution in [3.8, 4) is 22.4 Å². The van der Waals surface area contributed by atoms with Crippen LogP contribution in [0, 0.1) is 5.82 Å². The van der Waals surface area contributed by atoms with Gasteiger partial charge in [0, 0.05) is 36.1 Å². The van der Waals surface area contributed by atoms with Crippen molar-refractivity contribution in [2.45, 2.75) is 6.92 Å². The van der Waals surface area contributed by atoms with Gasteiger partial charge in [-0.3, -0.25) is 19.9 Å². The van der Waals surface area contributed by atoms with Crippen LogP contribution in [0.5, 0.6) is 0 Å². The molecule has 2 N–H and O–H groups in total. The van der Waals surface area contributed by atoms with Gasteiger partial charge in [-0.15, -0.1) is 0 Å². The van der Waals surface area contributed by atoms with E-state index in [4.69, 9.17) is 4.52 Å². The van der Waals surface area contributed by atoms with Crippen molar-refractivity contribution in [1.29, 1.82) is 0 Å². The van der Waals surface area contributed by atoms with Crippen LogP contribution in [0.3, 0.4) is 0 Å². The maximum absolute atomic E-state index is 13.4. The molecule has 0 spiro atoms. The molecule has 2 heterocycles. The Morgan fingerprint density at radius 1 is 0.871 bits per heavy atom. The van der Waals surface area contributed by atoms with E-state index in [1.807, 2.05) is 0 Å². The molecule has 31 heavy (non-hydrogen) atoms. The van der Waals surface area contributed by atoms with Crippen LogP contribution < -0.4 is 10.6 Å². The highest BCUT2D eigenvalue weighted by Gasteiger charge is 2.21. The minimum atomic E-state index is -0.411. The fraction of sp³-hybridized carbons (Fsp3) is 0.0435. The van der Waals surface area contributed by atoms with E-state index in [0.717, 1.165) is 5.56 Å². The topological polar surface area (TPSA) is 97.1 Å². The molecule has 2 aromatic heterocycles. The lowest BCUT2D eigenvalue weighted by Gasteiger charge is -2.07. The van der Waals surface area contributed by atoms with Gasteiger partial charge in [-0.2, -0.15) is 0 Å². The fourth-order valence-corrected chi connectivity index (χ4v) is 3.05. The standard InChI is InChI=1S/C23H17FN4O3/c1-14(29)26-19-8-4-17(5-9-19)22(30)27-23-20(15-10-12-25-13-11-15)21(28-31-23)16-2-6-18(24)7-3-16/h2-13H,1H3,(H,26,29)(H,27,30). The number of pyridine rings is 1. The molecule has 154 valence electrons. The van der Waals surface area contributed by atoms with Gasteiger partial charge in [0.15, 0.2) is 0 Å². The summed E-state index contributed by atoms with van der Waals surface area (Å²) in [6.45, 7) is 1.41. The van der Waals surface area contributed by atoms with Gasteiger partial charge in [0.25, 0.3) is 5.91 Å². The summed E-state index contributed by atoms with van der Waals surface area (Å²) in [6.07, 6.45) is 3.23. The predicted molar refractivity (Wildman–Crippen MR) is 114 cm³/mol. The van der Waals surface area contributed by atoms with Crippen LogP contribution in [0.25, 0.3) is 22.4 Å². The molecule has 4 aromatic rings. The number of carbonyl (C=O) groups excluding carboxylic acids is 2. The second-order valence-corrected chi connectivity index (χ2v) is 6.69. The molecule has 0 fully saturated rings. The van der Waals surface area contributed by atoms with Crippen LogP contribution in [0.2, 0.25) is 0 Å². The molecule has 0 radical (unpaired) electrons. The zero-order valence-corrected chi connectivity index (χ0v) is 16.4. The van der Waals surface area contributed by atoms with Gasteiger partial charge >= 0.3 is 0 Å². The lowest BCUT2D eigenvalue weighted by Crippen LogP contribution is -2.12. The first-order chi connectivity index (χ1) is 15.0. The Morgan fingerprint density at radius 3 is 2.19 bits per heavy atom. The second-order valence-electron chi connectivity index (χ2n) is 6.69. The summed E-state index contributed by atoms with van der Waals surface area (Å²) in [5.74, 6) is -0.823. The highest BCUT2D eigenvalue weighted by molar-refractivity contribution is 6.06. The molecule has 2 aromatic carbocycles. The minimum Gasteiger partial charge on any atom is -0.337 e. The molecular weight excluding hydrogens is 399 g/mol. The van der Waals surface area contributed by atoms with Gasteiger partial charge in [-0.25, -0.2) is 4.39 Å². The summed E-state index contributed by atoms with van der Waals surface area (Å²) < 4.78 is 18.8. The largest absolute Gasteiger partial charge is 0.337 e. The maximum atomic E-state index is 13.4. The number of hydrogen-bond donors (Lipinski definition) is 2. The number of nitrogens with zero attached hydrogens (tertiary/aromatic N) is 2. The molecule has 0 atom stereocenters. The summed E-state index contributed by atoms with van der Waals surface area (Å²) in [4.78, 5) is 27.9. The lowest BCUT2D eigenvalue weighted by atomic mass is 10.0. The first kappa shape index (κ1) is 20.0. The van der Waals surface area contributed by atoms with Crippen LogP contribution in [-0.4, -0.2) is 22.0 Å². The molecular formula is C23H17FN4O3. The van der Waals surface area contributed by atoms with Crippen LogP contribution in [0.1, 0.15) is 17.3 Å². The van der Waals surface area contributed by atoms with Gasteiger partial charge in [-0.05, 0) is 66.2 Å². The Kier molecular flexibility index (Phi) is 5.53. The zero-order valence-electron chi connectivity index (χ0n) is 16.4. The Bertz CT molecular complexity index is 1220. The van der Waals surface area contributed by atoms with E-state index in [2.05, 4.69) is 20.8 Å². The van der Waals surface area contributed by atoms with Gasteiger partial charge in [0.1, 0.15) is 11.5 Å². The molecule has 0 saturated heterocycles. The first-order valence-electron chi connectivity index (χ1n) is 9.36. The molecule has 0 aliphatic heterocycles. The predicted octanol–water partition coefficient (Wildman–Crippen LogP) is 4.75. The second kappa shape index (κ2) is 8.58. The highest BCUT2D eigenvalue weighted by atomic mass is 19.1. The van der Waals surface area contributed by atoms with Crippen molar-refractivity contribution in [2.75, 3.05) is 10.6 Å². The average molecular weight is 416 g/mol. The number of hydrogen-bond acceptors (Lipinski definition) is 5. The smallest absolute Gasteiger partial charge is 0.258 e. The third kappa shape index (κ3) is 4.48. The molecule has 0 unspecified atom stereocenters. The SMILES string of the molecule is CC(=O)Nc1ccc(C(=O)Nc2onc(-c3ccc(F)cc3)c2-c2ccncc2)cc1. The van der Waals surface area contributed by atoms with Crippen molar-refractivity contribution in [1.82, 2.24) is 10.1 Å². The van der Waals surface area contributed by atoms with Crippen LogP contribution in [0.4, 0.5) is 16.0 Å². The summed E-state index contributed by atoms with van der Waals surface area (Å²) in [5.41, 5.74) is 3.33. The van der Waals surface area contributed by atoms with E-state index in [0.29, 0.717) is 28.1 Å². The van der Waals surface area contributed by atoms with E-state index in [1.54, 1.807) is 60.9 Å². The van der Waals surface area contributed by atoms with E-state index in [9.17, 15) is 14.0 Å². The first-order valence-corrected chi connectivity index (χ1v) is 9.36. The number of carbonyl (C=O) groups is 2. The Morgan fingerprint density at radius 2 is 1.55 bits per heavy atom. The van der Waals surface area contributed by atoms with Crippen LogP contribution >= 0.6 is 0 Å². The van der Waals surface area contributed by atoms with Gasteiger partial charge in [0.05, 0.1) is 5.56 Å². The molecule has 0 saturated carbocycles. The Balaban J connectivity index is 1.67. The number of nitrogens with one attached hydrogen (secondary N) is 2. The number of benzene rings is 2. The van der Waals surface area contributed by atoms with E-state index >= 15 is 0 Å². The molecule has 2 amide bonds. The van der Waals surface area contributed by atoms with E-state index in [1.165, 1.54) is 19.1 Å². The molecule has 7 nitrogen and oxygen atoms in total. The van der Waals surface area contributed by atoms with Gasteiger partial charge in [-0.1, -0.05) is 5.16 Å². The molecule has 0 aliphatic rings. The third-order valence-corrected chi connectivity index (χ3v) is 4.47. The number of halogens is 1. The summed E-state index contributed by atoms with van der Waals surface area (Å²) >= 11 is 0. The Labute approximate surface area is 176 Å². The van der Waals surface area contributed by atoms with E-state index < -0.39 is 5.91 Å². The average Bonchev–Trinajstić information content (AvgIpc) is 3.18. The quantitative estimate of drug-likeness (QED) is 0.489. The van der Waals surface area contributed by atoms with Crippen molar-refractivity contribution < 1.29 is 18.5 Å². The third-order valence-electron chi connectivity index (χ3n) is 4.47. The number of aromatic nitrogens is 2. The number of anilines is 2. The molecule has 0 aliphatic carbocycles. The number of amides is 2. The summed E-state index contributed by atoms with van der Waals surface area (Å²) in [6, 6.07) is 15.8. The summed E-state index contributed by atoms with van der Waals surface area (Å²) in [5, 5.41) is 9.49. The highest BCUT2D eigenvalue weighted by Crippen LogP contribution is 2.37. The van der Waals surface area contributed by atoms with Crippen molar-refractivity contribution in [2.24, 2.45) is 0 Å². The van der Waals surface area contributed by atoms with Crippen LogP contribution in [-0.2, 0) is 4.79 Å². The lowest BCUT2D eigenvalue weighted by molar-refractivity contribution is -0.114. The van der Waals surface area contributed by atoms with Gasteiger partial charge < -0.3 is 9.84 Å². The van der Waals surface area contributed by atoms with Gasteiger partial charge in [0.2, 0.25) is 11.8 Å². The molecule has 8 heteroatoms. The van der Waals surface area contributed by atoms with E-state index in [-0.39, 0.29) is 17.6 Å². The monoisotopic (exact) mass is 416 g/mol. The van der Waals surface area contributed by atoms with Crippen molar-refractivity contribution in [3.05, 3.63) is 84.4 Å². The zero-order chi connectivity index (χ0) is 21.8. The van der Waals surface area contributed by atoms with Crippen LogP contribution in [0.15, 0.2) is 77.6 Å². The minimum absolute atomic E-state index is 0.154. The normalized spacial score (nSPS) is 10.5. The Hall–Kier alpha value is -4.33. The van der Waals surface area contributed by atoms with Crippen molar-refractivity contribution in [3.63, 3.8) is 0 Å². The van der Waals surface area contributed by atoms with Crippen molar-refractivity contribution >= 4 is 23.4 Å². The summed E-state index contributed by atoms with van der Waals surface area (Å²) in [7, 11) is 0. The maximum Gasteiger partial charge on any atom is 0.258 e. The number of rotatable bonds is 5. The molecule has 0 bridgehead atoms.